The molecule has 0 radical (unpaired) electrons. The minimum Gasteiger partial charge on any atom is -0.444 e. The Hall–Kier alpha value is -3.09. The largest absolute Gasteiger partial charge is 0.444 e. The number of nitrogens with one attached hydrogen (secondary N) is 2. The number of benzene rings is 2. The second kappa shape index (κ2) is 8.07. The van der Waals surface area contributed by atoms with E-state index in [9.17, 15) is 14.0 Å². The van der Waals surface area contributed by atoms with Crippen molar-refractivity contribution in [2.75, 3.05) is 29.6 Å². The van der Waals surface area contributed by atoms with Gasteiger partial charge >= 0.3 is 6.09 Å². The highest BCUT2D eigenvalue weighted by Crippen LogP contribution is 2.22. The van der Waals surface area contributed by atoms with E-state index >= 15 is 0 Å². The van der Waals surface area contributed by atoms with E-state index in [2.05, 4.69) is 10.6 Å². The molecule has 0 spiro atoms. The zero-order chi connectivity index (χ0) is 20.2. The van der Waals surface area contributed by atoms with Crippen molar-refractivity contribution < 1.29 is 18.7 Å². The maximum atomic E-state index is 14.0. The molecule has 0 aromatic heterocycles. The van der Waals surface area contributed by atoms with Crippen molar-refractivity contribution in [3.05, 3.63) is 53.8 Å². The summed E-state index contributed by atoms with van der Waals surface area (Å²) in [7, 11) is 3.76. The van der Waals surface area contributed by atoms with Crippen LogP contribution in [0.5, 0.6) is 0 Å². The van der Waals surface area contributed by atoms with Crippen LogP contribution in [0, 0.1) is 5.82 Å². The number of hydrogen-bond acceptors (Lipinski definition) is 4. The molecule has 2 N–H and O–H groups in total. The van der Waals surface area contributed by atoms with E-state index in [0.717, 1.165) is 5.69 Å². The minimum atomic E-state index is -0.774. The second-order valence-electron chi connectivity index (χ2n) is 7.22. The number of hydrogen-bond donors (Lipinski definition) is 2. The fourth-order valence-electron chi connectivity index (χ4n) is 2.24. The van der Waals surface area contributed by atoms with Crippen molar-refractivity contribution in [1.82, 2.24) is 0 Å². The predicted octanol–water partition coefficient (Wildman–Crippen LogP) is 4.49. The number of nitrogens with zero attached hydrogens (tertiary/aromatic N) is 1. The van der Waals surface area contributed by atoms with Gasteiger partial charge in [0, 0.05) is 31.0 Å². The third kappa shape index (κ3) is 5.99. The van der Waals surface area contributed by atoms with E-state index < -0.39 is 17.5 Å². The molecule has 0 bridgehead atoms. The van der Waals surface area contributed by atoms with Crippen molar-refractivity contribution >= 4 is 29.1 Å². The SMILES string of the molecule is CN(C)c1cccc(C(=O)Nc2ccc(F)c(NC(=O)OC(C)(C)C)c2)c1. The van der Waals surface area contributed by atoms with Crippen LogP contribution in [0.2, 0.25) is 0 Å². The average Bonchev–Trinajstić information content (AvgIpc) is 2.56. The Kier molecular flexibility index (Phi) is 6.05. The van der Waals surface area contributed by atoms with Gasteiger partial charge in [0.25, 0.3) is 5.91 Å². The van der Waals surface area contributed by atoms with Crippen LogP contribution in [-0.2, 0) is 4.74 Å². The highest BCUT2D eigenvalue weighted by Gasteiger charge is 2.18. The Morgan fingerprint density at radius 1 is 1.04 bits per heavy atom. The molecule has 144 valence electrons. The monoisotopic (exact) mass is 373 g/mol. The Morgan fingerprint density at radius 3 is 2.37 bits per heavy atom. The lowest BCUT2D eigenvalue weighted by Crippen LogP contribution is -2.27. The van der Waals surface area contributed by atoms with Gasteiger partial charge in [-0.05, 0) is 57.2 Å². The molecule has 27 heavy (non-hydrogen) atoms. The summed E-state index contributed by atoms with van der Waals surface area (Å²) in [4.78, 5) is 26.2. The first kappa shape index (κ1) is 20.2. The van der Waals surface area contributed by atoms with Crippen molar-refractivity contribution in [3.63, 3.8) is 0 Å². The molecule has 2 aromatic rings. The van der Waals surface area contributed by atoms with Gasteiger partial charge in [0.1, 0.15) is 11.4 Å². The molecule has 0 aliphatic carbocycles. The molecule has 0 saturated carbocycles. The van der Waals surface area contributed by atoms with Crippen LogP contribution in [-0.4, -0.2) is 31.7 Å². The van der Waals surface area contributed by atoms with Gasteiger partial charge in [-0.3, -0.25) is 10.1 Å². The van der Waals surface area contributed by atoms with Crippen molar-refractivity contribution in [3.8, 4) is 0 Å². The van der Waals surface area contributed by atoms with Crippen LogP contribution >= 0.6 is 0 Å². The molecule has 0 saturated heterocycles. The topological polar surface area (TPSA) is 70.7 Å². The van der Waals surface area contributed by atoms with Gasteiger partial charge in [-0.25, -0.2) is 9.18 Å². The lowest BCUT2D eigenvalue weighted by atomic mass is 10.1. The molecule has 2 rings (SSSR count). The van der Waals surface area contributed by atoms with Crippen LogP contribution in [0.15, 0.2) is 42.5 Å². The number of rotatable bonds is 4. The van der Waals surface area contributed by atoms with E-state index in [-0.39, 0.29) is 11.6 Å². The maximum Gasteiger partial charge on any atom is 0.412 e. The summed E-state index contributed by atoms with van der Waals surface area (Å²) in [5.74, 6) is -0.970. The van der Waals surface area contributed by atoms with Crippen molar-refractivity contribution in [2.24, 2.45) is 0 Å². The zero-order valence-electron chi connectivity index (χ0n) is 16.1. The normalized spacial score (nSPS) is 10.9. The molecule has 0 atom stereocenters. The lowest BCUT2D eigenvalue weighted by Gasteiger charge is -2.20. The first-order valence-corrected chi connectivity index (χ1v) is 8.43. The summed E-state index contributed by atoms with van der Waals surface area (Å²) in [6.07, 6.45) is -0.774. The summed E-state index contributed by atoms with van der Waals surface area (Å²) in [6, 6.07) is 11.0. The molecule has 0 aliphatic heterocycles. The van der Waals surface area contributed by atoms with Crippen molar-refractivity contribution in [1.29, 1.82) is 0 Å². The van der Waals surface area contributed by atoms with Crippen LogP contribution in [0.25, 0.3) is 0 Å². The summed E-state index contributed by atoms with van der Waals surface area (Å²) in [5.41, 5.74) is 0.914. The molecule has 2 aromatic carbocycles. The number of halogens is 1. The summed E-state index contributed by atoms with van der Waals surface area (Å²) < 4.78 is 19.1. The Balaban J connectivity index is 2.14. The number of amides is 2. The standard InChI is InChI=1S/C20H24FN3O3/c1-20(2,3)27-19(26)23-17-12-14(9-10-16(17)21)22-18(25)13-7-6-8-15(11-13)24(4)5/h6-12H,1-5H3,(H,22,25)(H,23,26). The Bertz CT molecular complexity index is 845. The van der Waals surface area contributed by atoms with E-state index in [4.69, 9.17) is 4.74 Å². The molecule has 6 nitrogen and oxygen atoms in total. The van der Waals surface area contributed by atoms with Crippen LogP contribution in [0.3, 0.4) is 0 Å². The molecule has 2 amide bonds. The van der Waals surface area contributed by atoms with Crippen LogP contribution < -0.4 is 15.5 Å². The van der Waals surface area contributed by atoms with E-state index in [0.29, 0.717) is 11.3 Å². The predicted molar refractivity (Wildman–Crippen MR) is 105 cm³/mol. The van der Waals surface area contributed by atoms with Gasteiger partial charge in [-0.1, -0.05) is 6.07 Å². The summed E-state index contributed by atoms with van der Waals surface area (Å²) in [6.45, 7) is 5.13. The smallest absolute Gasteiger partial charge is 0.412 e. The van der Waals surface area contributed by atoms with Crippen molar-refractivity contribution in [2.45, 2.75) is 26.4 Å². The highest BCUT2D eigenvalue weighted by molar-refractivity contribution is 6.05. The van der Waals surface area contributed by atoms with E-state index in [1.54, 1.807) is 39.0 Å². The van der Waals surface area contributed by atoms with Gasteiger partial charge in [-0.2, -0.15) is 0 Å². The Labute approximate surface area is 158 Å². The molecule has 0 unspecified atom stereocenters. The molecule has 7 heteroatoms. The fraction of sp³-hybridized carbons (Fsp3) is 0.300. The molecular weight excluding hydrogens is 349 g/mol. The number of carbonyl (C=O) groups is 2. The van der Waals surface area contributed by atoms with Crippen LogP contribution in [0.1, 0.15) is 31.1 Å². The quantitative estimate of drug-likeness (QED) is 0.828. The summed E-state index contributed by atoms with van der Waals surface area (Å²) >= 11 is 0. The fourth-order valence-corrected chi connectivity index (χ4v) is 2.24. The second-order valence-corrected chi connectivity index (χ2v) is 7.22. The molecular formula is C20H24FN3O3. The van der Waals surface area contributed by atoms with Gasteiger partial charge in [-0.15, -0.1) is 0 Å². The van der Waals surface area contributed by atoms with Gasteiger partial charge in [0.15, 0.2) is 0 Å². The number of ether oxygens (including phenoxy) is 1. The molecule has 0 heterocycles. The first-order valence-electron chi connectivity index (χ1n) is 8.43. The maximum absolute atomic E-state index is 14.0. The molecule has 0 fully saturated rings. The third-order valence-corrected chi connectivity index (χ3v) is 3.48. The first-order chi connectivity index (χ1) is 12.5. The number of anilines is 3. The lowest BCUT2D eigenvalue weighted by molar-refractivity contribution is 0.0635. The van der Waals surface area contributed by atoms with E-state index in [1.165, 1.54) is 18.2 Å². The Morgan fingerprint density at radius 2 is 1.74 bits per heavy atom. The minimum absolute atomic E-state index is 0.0795. The van der Waals surface area contributed by atoms with Gasteiger partial charge in [0.05, 0.1) is 5.69 Å². The summed E-state index contributed by atoms with van der Waals surface area (Å²) in [5, 5.41) is 5.05. The number of carbonyl (C=O) groups excluding carboxylic acids is 2. The highest BCUT2D eigenvalue weighted by atomic mass is 19.1. The zero-order valence-corrected chi connectivity index (χ0v) is 16.1. The van der Waals surface area contributed by atoms with E-state index in [1.807, 2.05) is 25.1 Å². The van der Waals surface area contributed by atoms with Gasteiger partial charge in [0.2, 0.25) is 0 Å². The third-order valence-electron chi connectivity index (χ3n) is 3.48. The molecule has 0 aliphatic rings. The average molecular weight is 373 g/mol. The van der Waals surface area contributed by atoms with Crippen LogP contribution in [0.4, 0.5) is 26.2 Å². The van der Waals surface area contributed by atoms with Gasteiger partial charge < -0.3 is 15.0 Å².